The Morgan fingerprint density at radius 1 is 1.15 bits per heavy atom. The summed E-state index contributed by atoms with van der Waals surface area (Å²) in [6.07, 6.45) is 1.18. The van der Waals surface area contributed by atoms with E-state index in [0.717, 1.165) is 41.1 Å². The summed E-state index contributed by atoms with van der Waals surface area (Å²) >= 11 is 6.15. The van der Waals surface area contributed by atoms with Crippen LogP contribution < -0.4 is 5.32 Å². The van der Waals surface area contributed by atoms with Crippen molar-refractivity contribution < 1.29 is 4.42 Å². The molecule has 110 valence electrons. The second-order valence-electron chi connectivity index (χ2n) is 5.11. The van der Waals surface area contributed by atoms with Gasteiger partial charge in [-0.1, -0.05) is 37.6 Å². The molecule has 2 aromatic rings. The summed E-state index contributed by atoms with van der Waals surface area (Å²) in [5.41, 5.74) is 0.942. The molecular weight excluding hydrogens is 293 g/mol. The molecule has 1 heterocycles. The molecule has 0 unspecified atom stereocenters. The van der Waals surface area contributed by atoms with E-state index in [-0.39, 0.29) is 12.4 Å². The lowest BCUT2D eigenvalue weighted by atomic mass is 10.1. The van der Waals surface area contributed by atoms with Crippen LogP contribution in [-0.2, 0) is 6.54 Å². The summed E-state index contributed by atoms with van der Waals surface area (Å²) in [4.78, 5) is 0. The highest BCUT2D eigenvalue weighted by atomic mass is 35.5. The second-order valence-corrected chi connectivity index (χ2v) is 5.51. The zero-order valence-corrected chi connectivity index (χ0v) is 13.4. The van der Waals surface area contributed by atoms with Crippen molar-refractivity contribution >= 4 is 24.0 Å². The molecule has 0 amide bonds. The normalized spacial score (nSPS) is 10.6. The van der Waals surface area contributed by atoms with Crippen LogP contribution >= 0.6 is 24.0 Å². The van der Waals surface area contributed by atoms with Crippen molar-refractivity contribution in [2.75, 3.05) is 6.54 Å². The largest absolute Gasteiger partial charge is 0.460 e. The van der Waals surface area contributed by atoms with E-state index in [1.54, 1.807) is 0 Å². The third-order valence-corrected chi connectivity index (χ3v) is 3.33. The molecule has 0 saturated heterocycles. The molecule has 0 bridgehead atoms. The quantitative estimate of drug-likeness (QED) is 0.745. The fourth-order valence-electron chi connectivity index (χ4n) is 1.88. The monoisotopic (exact) mass is 313 g/mol. The summed E-state index contributed by atoms with van der Waals surface area (Å²) in [5.74, 6) is 2.49. The van der Waals surface area contributed by atoms with Gasteiger partial charge in [-0.05, 0) is 43.1 Å². The summed E-state index contributed by atoms with van der Waals surface area (Å²) in [6, 6.07) is 11.7. The van der Waals surface area contributed by atoms with Crippen LogP contribution in [0.15, 0.2) is 40.8 Å². The van der Waals surface area contributed by atoms with Gasteiger partial charge in [0.2, 0.25) is 0 Å². The van der Waals surface area contributed by atoms with Crippen LogP contribution in [0.5, 0.6) is 0 Å². The highest BCUT2D eigenvalue weighted by Gasteiger charge is 2.07. The molecular formula is C16H21Cl2NO. The van der Waals surface area contributed by atoms with Crippen molar-refractivity contribution in [2.24, 2.45) is 5.92 Å². The summed E-state index contributed by atoms with van der Waals surface area (Å²) in [7, 11) is 0. The van der Waals surface area contributed by atoms with Crippen molar-refractivity contribution in [1.29, 1.82) is 0 Å². The fraction of sp³-hybridized carbons (Fsp3) is 0.375. The molecule has 1 aromatic heterocycles. The van der Waals surface area contributed by atoms with Crippen LogP contribution in [0.2, 0.25) is 5.02 Å². The predicted octanol–water partition coefficient (Wildman–Crippen LogP) is 5.16. The maximum atomic E-state index is 6.15. The zero-order valence-electron chi connectivity index (χ0n) is 11.9. The Bertz CT molecular complexity index is 523. The molecule has 2 rings (SSSR count). The van der Waals surface area contributed by atoms with Crippen LogP contribution in [0.3, 0.4) is 0 Å². The van der Waals surface area contributed by atoms with E-state index in [9.17, 15) is 0 Å². The molecule has 0 aliphatic rings. The standard InChI is InChI=1S/C16H20ClNO.ClH/c1-12(2)9-10-18-11-13-7-8-16(19-13)14-5-3-4-6-15(14)17;/h3-8,12,18H,9-11H2,1-2H3;1H. The van der Waals surface area contributed by atoms with E-state index in [4.69, 9.17) is 16.0 Å². The first-order valence-electron chi connectivity index (χ1n) is 6.71. The highest BCUT2D eigenvalue weighted by Crippen LogP contribution is 2.28. The molecule has 0 spiro atoms. The molecule has 0 radical (unpaired) electrons. The average Bonchev–Trinajstić information content (AvgIpc) is 2.83. The summed E-state index contributed by atoms with van der Waals surface area (Å²) < 4.78 is 5.81. The van der Waals surface area contributed by atoms with Crippen molar-refractivity contribution in [3.8, 4) is 11.3 Å². The molecule has 0 saturated carbocycles. The van der Waals surface area contributed by atoms with Gasteiger partial charge in [-0.15, -0.1) is 12.4 Å². The molecule has 0 atom stereocenters. The molecule has 0 aliphatic carbocycles. The maximum absolute atomic E-state index is 6.15. The van der Waals surface area contributed by atoms with Gasteiger partial charge in [-0.25, -0.2) is 0 Å². The molecule has 4 heteroatoms. The number of hydrogen-bond donors (Lipinski definition) is 1. The van der Waals surface area contributed by atoms with E-state index in [1.165, 1.54) is 6.42 Å². The minimum absolute atomic E-state index is 0. The van der Waals surface area contributed by atoms with Crippen molar-refractivity contribution in [2.45, 2.75) is 26.8 Å². The lowest BCUT2D eigenvalue weighted by molar-refractivity contribution is 0.474. The third kappa shape index (κ3) is 4.86. The lowest BCUT2D eigenvalue weighted by Gasteiger charge is -2.05. The van der Waals surface area contributed by atoms with E-state index in [0.29, 0.717) is 0 Å². The Kier molecular flexibility index (Phi) is 7.14. The fourth-order valence-corrected chi connectivity index (χ4v) is 2.11. The van der Waals surface area contributed by atoms with Gasteiger partial charge < -0.3 is 9.73 Å². The number of furan rings is 1. The number of nitrogens with one attached hydrogen (secondary N) is 1. The first-order valence-corrected chi connectivity index (χ1v) is 7.09. The van der Waals surface area contributed by atoms with E-state index in [1.807, 2.05) is 36.4 Å². The van der Waals surface area contributed by atoms with Gasteiger partial charge in [0.15, 0.2) is 0 Å². The first-order chi connectivity index (χ1) is 9.16. The van der Waals surface area contributed by atoms with Crippen molar-refractivity contribution in [3.05, 3.63) is 47.2 Å². The Balaban J connectivity index is 0.00000200. The predicted molar refractivity (Wildman–Crippen MR) is 87.6 cm³/mol. The van der Waals surface area contributed by atoms with Crippen molar-refractivity contribution in [1.82, 2.24) is 5.32 Å². The second kappa shape index (κ2) is 8.35. The molecule has 0 aliphatic heterocycles. The van der Waals surface area contributed by atoms with Crippen LogP contribution in [0.1, 0.15) is 26.0 Å². The molecule has 0 fully saturated rings. The van der Waals surface area contributed by atoms with Crippen LogP contribution in [0.25, 0.3) is 11.3 Å². The first kappa shape index (κ1) is 17.1. The topological polar surface area (TPSA) is 25.2 Å². The smallest absolute Gasteiger partial charge is 0.135 e. The van der Waals surface area contributed by atoms with Gasteiger partial charge in [0, 0.05) is 5.56 Å². The molecule has 2 nitrogen and oxygen atoms in total. The number of benzene rings is 1. The van der Waals surface area contributed by atoms with E-state index >= 15 is 0 Å². The Morgan fingerprint density at radius 3 is 2.60 bits per heavy atom. The maximum Gasteiger partial charge on any atom is 0.135 e. The van der Waals surface area contributed by atoms with Gasteiger partial charge in [-0.3, -0.25) is 0 Å². The van der Waals surface area contributed by atoms with E-state index in [2.05, 4.69) is 19.2 Å². The van der Waals surface area contributed by atoms with Gasteiger partial charge in [-0.2, -0.15) is 0 Å². The number of halogens is 2. The molecule has 1 N–H and O–H groups in total. The van der Waals surface area contributed by atoms with Crippen LogP contribution in [0, 0.1) is 5.92 Å². The van der Waals surface area contributed by atoms with Crippen LogP contribution in [0.4, 0.5) is 0 Å². The Labute approximate surface area is 131 Å². The Hall–Kier alpha value is -0.960. The third-order valence-electron chi connectivity index (χ3n) is 3.00. The summed E-state index contributed by atoms with van der Waals surface area (Å²) in [5, 5.41) is 4.10. The van der Waals surface area contributed by atoms with Crippen molar-refractivity contribution in [3.63, 3.8) is 0 Å². The van der Waals surface area contributed by atoms with Gasteiger partial charge in [0.25, 0.3) is 0 Å². The van der Waals surface area contributed by atoms with Gasteiger partial charge in [0.05, 0.1) is 11.6 Å². The molecule has 1 aromatic carbocycles. The average molecular weight is 314 g/mol. The van der Waals surface area contributed by atoms with Gasteiger partial charge >= 0.3 is 0 Å². The minimum Gasteiger partial charge on any atom is -0.460 e. The molecule has 20 heavy (non-hydrogen) atoms. The number of hydrogen-bond acceptors (Lipinski definition) is 2. The van der Waals surface area contributed by atoms with E-state index < -0.39 is 0 Å². The number of rotatable bonds is 6. The van der Waals surface area contributed by atoms with Gasteiger partial charge in [0.1, 0.15) is 11.5 Å². The van der Waals surface area contributed by atoms with Crippen LogP contribution in [-0.4, -0.2) is 6.54 Å². The minimum atomic E-state index is 0. The summed E-state index contributed by atoms with van der Waals surface area (Å²) in [6.45, 7) is 6.23. The SMILES string of the molecule is CC(C)CCNCc1ccc(-c2ccccc2Cl)o1.Cl. The highest BCUT2D eigenvalue weighted by molar-refractivity contribution is 6.33. The lowest BCUT2D eigenvalue weighted by Crippen LogP contribution is -2.15. The Morgan fingerprint density at radius 2 is 1.90 bits per heavy atom. The zero-order chi connectivity index (χ0) is 13.7.